The quantitative estimate of drug-likeness (QED) is 0.606. The Kier molecular flexibility index (Phi) is 3.55. The van der Waals surface area contributed by atoms with Crippen LogP contribution in [0.4, 0.5) is 0 Å². The summed E-state index contributed by atoms with van der Waals surface area (Å²) < 4.78 is 0.958. The third-order valence-corrected chi connectivity index (χ3v) is 3.03. The third kappa shape index (κ3) is 2.71. The first-order chi connectivity index (χ1) is 8.18. The lowest BCUT2D eigenvalue weighted by molar-refractivity contribution is 0.105. The standard InChI is InChI=1S/C15H11BrO/c1-11(12-5-3-2-4-6-12)15(17)13-7-9-14(16)10-8-13/h2-10H,1H2. The Morgan fingerprint density at radius 1 is 0.882 bits per heavy atom. The Morgan fingerprint density at radius 2 is 1.47 bits per heavy atom. The second-order valence-electron chi connectivity index (χ2n) is 3.68. The van der Waals surface area contributed by atoms with Gasteiger partial charge < -0.3 is 0 Å². The van der Waals surface area contributed by atoms with Crippen molar-refractivity contribution in [1.29, 1.82) is 0 Å². The van der Waals surface area contributed by atoms with Crippen molar-refractivity contribution in [2.24, 2.45) is 0 Å². The number of carbonyl (C=O) groups excluding carboxylic acids is 1. The van der Waals surface area contributed by atoms with Crippen LogP contribution in [-0.4, -0.2) is 5.78 Å². The molecule has 0 unspecified atom stereocenters. The van der Waals surface area contributed by atoms with Gasteiger partial charge >= 0.3 is 0 Å². The minimum Gasteiger partial charge on any atom is -0.289 e. The van der Waals surface area contributed by atoms with Crippen LogP contribution in [-0.2, 0) is 0 Å². The number of rotatable bonds is 3. The lowest BCUT2D eigenvalue weighted by Crippen LogP contribution is -2.01. The van der Waals surface area contributed by atoms with Crippen molar-refractivity contribution in [3.63, 3.8) is 0 Å². The molecule has 2 aromatic rings. The van der Waals surface area contributed by atoms with E-state index in [0.717, 1.165) is 10.0 Å². The summed E-state index contributed by atoms with van der Waals surface area (Å²) >= 11 is 3.34. The van der Waals surface area contributed by atoms with E-state index in [1.807, 2.05) is 42.5 Å². The second-order valence-corrected chi connectivity index (χ2v) is 4.60. The summed E-state index contributed by atoms with van der Waals surface area (Å²) in [6.07, 6.45) is 0. The molecule has 0 saturated carbocycles. The molecule has 2 aromatic carbocycles. The average Bonchev–Trinajstić information content (AvgIpc) is 2.39. The number of halogens is 1. The summed E-state index contributed by atoms with van der Waals surface area (Å²) in [7, 11) is 0. The number of Topliss-reactive ketones (excluding diaryl/α,β-unsaturated/α-hetero) is 1. The molecule has 1 nitrogen and oxygen atoms in total. The molecule has 0 radical (unpaired) electrons. The molecule has 0 aromatic heterocycles. The summed E-state index contributed by atoms with van der Waals surface area (Å²) in [4.78, 5) is 12.1. The molecule has 0 atom stereocenters. The molecular formula is C15H11BrO. The van der Waals surface area contributed by atoms with Crippen molar-refractivity contribution >= 4 is 27.3 Å². The molecule has 0 aliphatic carbocycles. The highest BCUT2D eigenvalue weighted by molar-refractivity contribution is 9.10. The maximum atomic E-state index is 12.1. The largest absolute Gasteiger partial charge is 0.289 e. The molecule has 0 N–H and O–H groups in total. The van der Waals surface area contributed by atoms with E-state index in [-0.39, 0.29) is 5.78 Å². The number of benzene rings is 2. The molecule has 0 fully saturated rings. The molecule has 2 heteroatoms. The average molecular weight is 287 g/mol. The highest BCUT2D eigenvalue weighted by atomic mass is 79.9. The summed E-state index contributed by atoms with van der Waals surface area (Å²) in [5.41, 5.74) is 2.04. The maximum Gasteiger partial charge on any atom is 0.193 e. The number of hydrogen-bond acceptors (Lipinski definition) is 1. The lowest BCUT2D eigenvalue weighted by atomic mass is 9.98. The molecule has 17 heavy (non-hydrogen) atoms. The van der Waals surface area contributed by atoms with E-state index >= 15 is 0 Å². The molecule has 0 bridgehead atoms. The van der Waals surface area contributed by atoms with E-state index in [9.17, 15) is 4.79 Å². The first-order valence-corrected chi connectivity index (χ1v) is 6.02. The van der Waals surface area contributed by atoms with Gasteiger partial charge in [0.2, 0.25) is 0 Å². The van der Waals surface area contributed by atoms with Gasteiger partial charge in [-0.15, -0.1) is 0 Å². The van der Waals surface area contributed by atoms with Gasteiger partial charge in [0.1, 0.15) is 0 Å². The summed E-state index contributed by atoms with van der Waals surface area (Å²) in [6.45, 7) is 3.86. The summed E-state index contributed by atoms with van der Waals surface area (Å²) in [5, 5.41) is 0. The van der Waals surface area contributed by atoms with Crippen LogP contribution in [0.5, 0.6) is 0 Å². The van der Waals surface area contributed by atoms with Gasteiger partial charge in [-0.2, -0.15) is 0 Å². The van der Waals surface area contributed by atoms with Gasteiger partial charge in [-0.3, -0.25) is 4.79 Å². The van der Waals surface area contributed by atoms with Crippen LogP contribution in [0.1, 0.15) is 15.9 Å². The Morgan fingerprint density at radius 3 is 2.06 bits per heavy atom. The van der Waals surface area contributed by atoms with E-state index in [2.05, 4.69) is 22.5 Å². The van der Waals surface area contributed by atoms with Crippen LogP contribution in [0.2, 0.25) is 0 Å². The van der Waals surface area contributed by atoms with Gasteiger partial charge in [0, 0.05) is 15.6 Å². The second kappa shape index (κ2) is 5.11. The fourth-order valence-electron chi connectivity index (χ4n) is 1.55. The van der Waals surface area contributed by atoms with E-state index in [1.54, 1.807) is 12.1 Å². The molecule has 2 rings (SSSR count). The predicted molar refractivity (Wildman–Crippen MR) is 73.9 cm³/mol. The smallest absolute Gasteiger partial charge is 0.193 e. The third-order valence-electron chi connectivity index (χ3n) is 2.50. The zero-order valence-corrected chi connectivity index (χ0v) is 10.8. The Hall–Kier alpha value is -1.67. The van der Waals surface area contributed by atoms with Crippen molar-refractivity contribution in [3.05, 3.63) is 76.8 Å². The zero-order chi connectivity index (χ0) is 12.3. The highest BCUT2D eigenvalue weighted by Crippen LogP contribution is 2.19. The van der Waals surface area contributed by atoms with Crippen LogP contribution >= 0.6 is 15.9 Å². The molecular weight excluding hydrogens is 276 g/mol. The van der Waals surface area contributed by atoms with Crippen LogP contribution in [0, 0.1) is 0 Å². The van der Waals surface area contributed by atoms with Gasteiger partial charge in [-0.25, -0.2) is 0 Å². The van der Waals surface area contributed by atoms with Crippen LogP contribution in [0.3, 0.4) is 0 Å². The van der Waals surface area contributed by atoms with Crippen molar-refractivity contribution in [2.45, 2.75) is 0 Å². The van der Waals surface area contributed by atoms with Crippen molar-refractivity contribution in [3.8, 4) is 0 Å². The van der Waals surface area contributed by atoms with E-state index < -0.39 is 0 Å². The Bertz CT molecular complexity index is 541. The first-order valence-electron chi connectivity index (χ1n) is 5.23. The Labute approximate surface area is 109 Å². The summed E-state index contributed by atoms with van der Waals surface area (Å²) in [6, 6.07) is 16.8. The van der Waals surface area contributed by atoms with Gasteiger partial charge in [0.25, 0.3) is 0 Å². The molecule has 0 amide bonds. The number of allylic oxidation sites excluding steroid dienone is 1. The SMILES string of the molecule is C=C(C(=O)c1ccc(Br)cc1)c1ccccc1. The molecule has 0 saturated heterocycles. The van der Waals surface area contributed by atoms with E-state index in [0.29, 0.717) is 11.1 Å². The molecule has 84 valence electrons. The topological polar surface area (TPSA) is 17.1 Å². The molecule has 0 aliphatic rings. The normalized spacial score (nSPS) is 9.94. The predicted octanol–water partition coefficient (Wildman–Crippen LogP) is 4.35. The van der Waals surface area contributed by atoms with Crippen molar-refractivity contribution in [1.82, 2.24) is 0 Å². The van der Waals surface area contributed by atoms with Crippen LogP contribution in [0.25, 0.3) is 5.57 Å². The number of hydrogen-bond donors (Lipinski definition) is 0. The summed E-state index contributed by atoms with van der Waals surface area (Å²) in [5.74, 6) is -0.0382. The van der Waals surface area contributed by atoms with Gasteiger partial charge in [-0.05, 0) is 29.8 Å². The molecule has 0 aliphatic heterocycles. The molecule has 0 spiro atoms. The zero-order valence-electron chi connectivity index (χ0n) is 9.19. The molecule has 0 heterocycles. The van der Waals surface area contributed by atoms with Crippen LogP contribution < -0.4 is 0 Å². The minimum atomic E-state index is -0.0382. The highest BCUT2D eigenvalue weighted by Gasteiger charge is 2.11. The maximum absolute atomic E-state index is 12.1. The Balaban J connectivity index is 2.27. The van der Waals surface area contributed by atoms with Gasteiger partial charge in [0.05, 0.1) is 0 Å². The lowest BCUT2D eigenvalue weighted by Gasteiger charge is -2.05. The van der Waals surface area contributed by atoms with Crippen molar-refractivity contribution < 1.29 is 4.79 Å². The van der Waals surface area contributed by atoms with Crippen LogP contribution in [0.15, 0.2) is 65.6 Å². The van der Waals surface area contributed by atoms with Crippen molar-refractivity contribution in [2.75, 3.05) is 0 Å². The minimum absolute atomic E-state index is 0.0382. The van der Waals surface area contributed by atoms with Gasteiger partial charge in [0.15, 0.2) is 5.78 Å². The first kappa shape index (κ1) is 11.8. The fraction of sp³-hybridized carbons (Fsp3) is 0. The van der Waals surface area contributed by atoms with E-state index in [4.69, 9.17) is 0 Å². The van der Waals surface area contributed by atoms with E-state index in [1.165, 1.54) is 0 Å². The monoisotopic (exact) mass is 286 g/mol. The number of carbonyl (C=O) groups is 1. The van der Waals surface area contributed by atoms with Gasteiger partial charge in [-0.1, -0.05) is 52.8 Å². The fourth-order valence-corrected chi connectivity index (χ4v) is 1.81. The number of ketones is 1.